The van der Waals surface area contributed by atoms with E-state index >= 15 is 0 Å². The van der Waals surface area contributed by atoms with Crippen LogP contribution in [-0.2, 0) is 4.31 Å². The lowest BCUT2D eigenvalue weighted by molar-refractivity contribution is -0.205. The van der Waals surface area contributed by atoms with Crippen molar-refractivity contribution in [3.05, 3.63) is 142 Å². The summed E-state index contributed by atoms with van der Waals surface area (Å²) < 4.78 is 3.60. The maximum atomic E-state index is 12.3. The van der Waals surface area contributed by atoms with E-state index in [1.807, 2.05) is 100 Å². The zero-order valence-electron chi connectivity index (χ0n) is 24.9. The second-order valence-corrected chi connectivity index (χ2v) is 12.3. The van der Waals surface area contributed by atoms with Crippen LogP contribution >= 0.6 is 17.2 Å². The van der Waals surface area contributed by atoms with Crippen LogP contribution in [0, 0.1) is 33.1 Å². The van der Waals surface area contributed by atoms with E-state index in [0.717, 1.165) is 22.3 Å². The smallest absolute Gasteiger partial charge is 0.334 e. The minimum Gasteiger partial charge on any atom is -0.387 e. The molecule has 44 heavy (non-hydrogen) atoms. The molecule has 0 amide bonds. The average molecular weight is 643 g/mol. The van der Waals surface area contributed by atoms with Gasteiger partial charge in [-0.3, -0.25) is 0 Å². The van der Waals surface area contributed by atoms with Gasteiger partial charge < -0.3 is 40.0 Å². The van der Waals surface area contributed by atoms with Crippen molar-refractivity contribution in [1.29, 1.82) is 0 Å². The summed E-state index contributed by atoms with van der Waals surface area (Å²) in [6, 6.07) is 29.4. The van der Waals surface area contributed by atoms with E-state index < -0.39 is 47.0 Å². The van der Waals surface area contributed by atoms with E-state index in [9.17, 15) is 20.4 Å². The van der Waals surface area contributed by atoms with Gasteiger partial charge >= 0.3 is 17.2 Å². The van der Waals surface area contributed by atoms with Gasteiger partial charge in [-0.15, -0.1) is 0 Å². The van der Waals surface area contributed by atoms with E-state index in [4.69, 9.17) is 19.6 Å². The Morgan fingerprint density at radius 1 is 0.432 bits per heavy atom. The molecule has 0 aliphatic heterocycles. The molecule has 4 atom stereocenters. The lowest BCUT2D eigenvalue weighted by Crippen LogP contribution is -2.47. The van der Waals surface area contributed by atoms with Gasteiger partial charge in [-0.05, 0) is 72.2 Å². The van der Waals surface area contributed by atoms with Crippen LogP contribution in [0.3, 0.4) is 0 Å². The van der Waals surface area contributed by atoms with E-state index in [1.54, 1.807) is 24.3 Å². The normalized spacial score (nSPS) is 15.6. The molecule has 9 nitrogen and oxygen atoms in total. The molecular weight excluding hydrogens is 602 g/mol. The number of aliphatic hydroxyl groups excluding tert-OH is 4. The first-order valence-corrected chi connectivity index (χ1v) is 16.1. The van der Waals surface area contributed by atoms with Crippen LogP contribution in [0.1, 0.15) is 68.9 Å². The highest BCUT2D eigenvalue weighted by Gasteiger charge is 2.58. The van der Waals surface area contributed by atoms with Crippen molar-refractivity contribution >= 4 is 17.2 Å². The Balaban J connectivity index is 0.000000676. The van der Waals surface area contributed by atoms with Gasteiger partial charge in [0.1, 0.15) is 0 Å². The number of hydrogen-bond donors (Lipinski definition) is 8. The second kappa shape index (κ2) is 16.1. The second-order valence-electron chi connectivity index (χ2n) is 10.6. The van der Waals surface area contributed by atoms with Crippen LogP contribution < -0.4 is 0 Å². The number of benzene rings is 4. The first-order valence-electron chi connectivity index (χ1n) is 13.8. The number of aryl methyl sites for hydroxylation is 4. The van der Waals surface area contributed by atoms with Gasteiger partial charge in [0.25, 0.3) is 0 Å². The summed E-state index contributed by atoms with van der Waals surface area (Å²) >= 11 is 0. The minimum atomic E-state index is -2.61. The molecule has 0 heterocycles. The highest BCUT2D eigenvalue weighted by molar-refractivity contribution is 7.53. The van der Waals surface area contributed by atoms with E-state index in [0.29, 0.717) is 22.3 Å². The Hall–Kier alpha value is -2.62. The monoisotopic (exact) mass is 642 g/mol. The lowest BCUT2D eigenvalue weighted by Gasteiger charge is -2.49. The van der Waals surface area contributed by atoms with Gasteiger partial charge in [0.15, 0.2) is 0 Å². The molecule has 0 saturated heterocycles. The largest absolute Gasteiger partial charge is 0.387 e. The van der Waals surface area contributed by atoms with Crippen LogP contribution in [0.15, 0.2) is 97.1 Å². The Bertz CT molecular complexity index is 1280. The molecule has 0 fully saturated rings. The molecule has 4 unspecified atom stereocenters. The molecule has 0 aliphatic carbocycles. The van der Waals surface area contributed by atoms with Crippen molar-refractivity contribution in [2.45, 2.75) is 52.1 Å². The number of rotatable bonds is 10. The molecule has 0 saturated carbocycles. The van der Waals surface area contributed by atoms with E-state index in [1.165, 1.54) is 0 Å². The first kappa shape index (κ1) is 35.9. The summed E-state index contributed by atoms with van der Waals surface area (Å²) in [5, 5.41) is 49.2. The highest BCUT2D eigenvalue weighted by Crippen LogP contribution is 2.60. The van der Waals surface area contributed by atoms with Crippen LogP contribution in [0.25, 0.3) is 0 Å². The third-order valence-corrected chi connectivity index (χ3v) is 9.14. The molecule has 0 radical (unpaired) electrons. The quantitative estimate of drug-likeness (QED) is 0.103. The molecular formula is C33H40O9P2. The maximum Gasteiger partial charge on any atom is 0.334 e. The Kier molecular flexibility index (Phi) is 13.1. The van der Waals surface area contributed by atoms with Gasteiger partial charge in [-0.25, -0.2) is 4.31 Å². The predicted octanol–water partition coefficient (Wildman–Crippen LogP) is 5.57. The van der Waals surface area contributed by atoms with Crippen LogP contribution in [0.5, 0.6) is 0 Å². The SMILES string of the molecule is Cc1ccccc1C(O)C(C(O)c1ccccc1C)(C(O)c1ccccc1C)C(O)c1ccccc1C.OP(O)OP(O)O. The molecule has 0 bridgehead atoms. The van der Waals surface area contributed by atoms with Crippen molar-refractivity contribution in [3.63, 3.8) is 0 Å². The molecule has 4 aromatic carbocycles. The fourth-order valence-electron chi connectivity index (χ4n) is 5.61. The van der Waals surface area contributed by atoms with Crippen molar-refractivity contribution in [1.82, 2.24) is 0 Å². The summed E-state index contributed by atoms with van der Waals surface area (Å²) in [4.78, 5) is 31.3. The summed E-state index contributed by atoms with van der Waals surface area (Å²) in [5.41, 5.74) is 3.47. The molecule has 8 N–H and O–H groups in total. The van der Waals surface area contributed by atoms with Gasteiger partial charge in [0.2, 0.25) is 0 Å². The summed E-state index contributed by atoms with van der Waals surface area (Å²) in [6.45, 7) is 7.51. The lowest BCUT2D eigenvalue weighted by atomic mass is 9.60. The molecule has 0 aromatic heterocycles. The van der Waals surface area contributed by atoms with Crippen molar-refractivity contribution in [2.24, 2.45) is 5.41 Å². The maximum absolute atomic E-state index is 12.3. The van der Waals surface area contributed by atoms with Crippen molar-refractivity contribution < 1.29 is 44.3 Å². The fourth-order valence-corrected chi connectivity index (χ4v) is 6.14. The predicted molar refractivity (Wildman–Crippen MR) is 171 cm³/mol. The van der Waals surface area contributed by atoms with Gasteiger partial charge in [0, 0.05) is 0 Å². The third-order valence-electron chi connectivity index (χ3n) is 7.97. The number of aliphatic hydroxyl groups is 4. The molecule has 11 heteroatoms. The Morgan fingerprint density at radius 2 is 0.636 bits per heavy atom. The number of hydrogen-bond acceptors (Lipinski definition) is 9. The van der Waals surface area contributed by atoms with Crippen LogP contribution in [0.2, 0.25) is 0 Å². The van der Waals surface area contributed by atoms with E-state index in [2.05, 4.69) is 4.31 Å². The minimum absolute atomic E-state index is 0.537. The highest BCUT2D eigenvalue weighted by atomic mass is 31.2. The summed E-state index contributed by atoms with van der Waals surface area (Å²) in [5.74, 6) is 0. The Labute approximate surface area is 260 Å². The van der Waals surface area contributed by atoms with Crippen molar-refractivity contribution in [2.75, 3.05) is 0 Å². The molecule has 0 spiro atoms. The van der Waals surface area contributed by atoms with Gasteiger partial charge in [-0.1, -0.05) is 97.1 Å². The first-order chi connectivity index (χ1) is 20.8. The zero-order valence-corrected chi connectivity index (χ0v) is 26.7. The van der Waals surface area contributed by atoms with Crippen LogP contribution in [-0.4, -0.2) is 40.0 Å². The molecule has 4 rings (SSSR count). The van der Waals surface area contributed by atoms with Crippen LogP contribution in [0.4, 0.5) is 0 Å². The van der Waals surface area contributed by atoms with Crippen molar-refractivity contribution in [3.8, 4) is 0 Å². The van der Waals surface area contributed by atoms with Gasteiger partial charge in [0.05, 0.1) is 29.8 Å². The third kappa shape index (κ3) is 7.96. The summed E-state index contributed by atoms with van der Waals surface area (Å²) in [6.07, 6.45) is -5.69. The zero-order chi connectivity index (χ0) is 32.6. The average Bonchev–Trinajstić information content (AvgIpc) is 2.97. The standard InChI is InChI=1S/C33H36O4.H4O5P2/c1-21-13-5-9-17-25(21)29(34)33(30(35)26-18-10-6-14-22(26)2,31(36)27-19-11-7-15-23(27)3)32(37)28-20-12-8-16-24(28)4;1-6(2)5-7(3)4/h5-20,29-32,34-37H,1-4H3;1-4H. The Morgan fingerprint density at radius 3 is 0.795 bits per heavy atom. The molecule has 4 aromatic rings. The molecule has 236 valence electrons. The van der Waals surface area contributed by atoms with Gasteiger partial charge in [-0.2, -0.15) is 0 Å². The fraction of sp³-hybridized carbons (Fsp3) is 0.273. The topological polar surface area (TPSA) is 171 Å². The van der Waals surface area contributed by atoms with E-state index in [-0.39, 0.29) is 0 Å². The molecule has 0 aliphatic rings. The summed E-state index contributed by atoms with van der Waals surface area (Å²) in [7, 11) is -5.22.